The summed E-state index contributed by atoms with van der Waals surface area (Å²) in [6, 6.07) is 3.70. The molecule has 0 saturated carbocycles. The van der Waals surface area contributed by atoms with Gasteiger partial charge in [0.15, 0.2) is 0 Å². The van der Waals surface area contributed by atoms with Gasteiger partial charge < -0.3 is 5.32 Å². The normalized spacial score (nSPS) is 15.6. The van der Waals surface area contributed by atoms with E-state index in [0.29, 0.717) is 39.3 Å². The van der Waals surface area contributed by atoms with Crippen LogP contribution in [0, 0.1) is 6.92 Å². The maximum Gasteiger partial charge on any atom is 0.267 e. The Bertz CT molecular complexity index is 1040. The Hall–Kier alpha value is -2.45. The average molecular weight is 415 g/mol. The number of thiocarbonyl (C=S) groups is 1. The van der Waals surface area contributed by atoms with Crippen molar-refractivity contribution in [1.82, 2.24) is 14.3 Å². The fourth-order valence-corrected chi connectivity index (χ4v) is 4.12. The molecular weight excluding hydrogens is 392 g/mol. The summed E-state index contributed by atoms with van der Waals surface area (Å²) in [6.45, 7) is 8.71. The maximum absolute atomic E-state index is 13.1. The number of unbranched alkanes of at least 4 members (excludes halogenated alkanes) is 1. The fraction of sp³-hybridized carbons (Fsp3) is 0.300. The van der Waals surface area contributed by atoms with Crippen LogP contribution in [0.3, 0.4) is 0 Å². The third kappa shape index (κ3) is 4.02. The first-order valence-electron chi connectivity index (χ1n) is 9.09. The number of nitrogens with zero attached hydrogens (tertiary/aromatic N) is 3. The van der Waals surface area contributed by atoms with Crippen LogP contribution in [-0.2, 0) is 4.79 Å². The van der Waals surface area contributed by atoms with E-state index in [4.69, 9.17) is 12.2 Å². The van der Waals surface area contributed by atoms with Gasteiger partial charge in [0.1, 0.15) is 15.8 Å². The zero-order chi connectivity index (χ0) is 20.3. The third-order valence-corrected chi connectivity index (χ3v) is 5.68. The summed E-state index contributed by atoms with van der Waals surface area (Å²) in [7, 11) is 0. The number of amides is 1. The highest BCUT2D eigenvalue weighted by molar-refractivity contribution is 8.26. The van der Waals surface area contributed by atoms with Gasteiger partial charge in [0, 0.05) is 19.3 Å². The number of aryl methyl sites for hydroxylation is 1. The van der Waals surface area contributed by atoms with Crippen LogP contribution in [0.4, 0.5) is 5.82 Å². The molecule has 0 aliphatic carbocycles. The second-order valence-corrected chi connectivity index (χ2v) is 8.15. The number of hydrogen-bond donors (Lipinski definition) is 1. The van der Waals surface area contributed by atoms with E-state index in [1.807, 2.05) is 13.0 Å². The maximum atomic E-state index is 13.1. The summed E-state index contributed by atoms with van der Waals surface area (Å²) in [6.07, 6.45) is 6.88. The van der Waals surface area contributed by atoms with Crippen LogP contribution in [-0.4, -0.2) is 37.6 Å². The number of aromatic nitrogens is 2. The van der Waals surface area contributed by atoms with Gasteiger partial charge in [0.2, 0.25) is 0 Å². The van der Waals surface area contributed by atoms with Crippen LogP contribution >= 0.6 is 24.0 Å². The van der Waals surface area contributed by atoms with Crippen LogP contribution in [0.25, 0.3) is 11.7 Å². The van der Waals surface area contributed by atoms with E-state index >= 15 is 0 Å². The van der Waals surface area contributed by atoms with Crippen molar-refractivity contribution in [1.29, 1.82) is 0 Å². The molecule has 3 rings (SSSR count). The lowest BCUT2D eigenvalue weighted by atomic mass is 10.2. The topological polar surface area (TPSA) is 66.7 Å². The summed E-state index contributed by atoms with van der Waals surface area (Å²) in [5.74, 6) is 0.263. The number of pyridine rings is 1. The SMILES string of the molecule is C=CCNc1nc2ccc(C)cn2c(=O)c1C=C1SC(=S)N(CCCC)C1=O. The molecule has 8 heteroatoms. The molecule has 0 radical (unpaired) electrons. The van der Waals surface area contributed by atoms with E-state index in [9.17, 15) is 9.59 Å². The molecule has 28 heavy (non-hydrogen) atoms. The van der Waals surface area contributed by atoms with Crippen molar-refractivity contribution in [3.8, 4) is 0 Å². The molecule has 2 aromatic heterocycles. The smallest absolute Gasteiger partial charge is 0.267 e. The number of carbonyl (C=O) groups is 1. The molecule has 0 unspecified atom stereocenters. The monoisotopic (exact) mass is 414 g/mol. The van der Waals surface area contributed by atoms with Crippen molar-refractivity contribution in [3.63, 3.8) is 0 Å². The average Bonchev–Trinajstić information content (AvgIpc) is 2.94. The second kappa shape index (κ2) is 8.70. The molecule has 1 aliphatic rings. The van der Waals surface area contributed by atoms with E-state index in [2.05, 4.69) is 23.8 Å². The van der Waals surface area contributed by atoms with Gasteiger partial charge in [-0.2, -0.15) is 0 Å². The van der Waals surface area contributed by atoms with Crippen molar-refractivity contribution < 1.29 is 4.79 Å². The minimum absolute atomic E-state index is 0.160. The fourth-order valence-electron chi connectivity index (χ4n) is 2.83. The zero-order valence-corrected chi connectivity index (χ0v) is 17.5. The van der Waals surface area contributed by atoms with Gasteiger partial charge in [-0.25, -0.2) is 4.98 Å². The molecule has 1 amide bonds. The van der Waals surface area contributed by atoms with E-state index in [0.717, 1.165) is 18.4 Å². The highest BCUT2D eigenvalue weighted by Crippen LogP contribution is 2.33. The number of nitrogens with one attached hydrogen (secondary N) is 1. The van der Waals surface area contributed by atoms with Crippen molar-refractivity contribution in [2.24, 2.45) is 0 Å². The molecule has 2 aromatic rings. The summed E-state index contributed by atoms with van der Waals surface area (Å²) >= 11 is 6.58. The predicted octanol–water partition coefficient (Wildman–Crippen LogP) is 3.60. The Morgan fingerprint density at radius 1 is 1.36 bits per heavy atom. The van der Waals surface area contributed by atoms with Crippen LogP contribution in [0.2, 0.25) is 0 Å². The van der Waals surface area contributed by atoms with E-state index in [1.54, 1.807) is 29.3 Å². The molecule has 146 valence electrons. The molecule has 1 saturated heterocycles. The van der Waals surface area contributed by atoms with Crippen molar-refractivity contribution in [3.05, 3.63) is 57.4 Å². The minimum atomic E-state index is -0.237. The Labute approximate surface area is 173 Å². The number of fused-ring (bicyclic) bond motifs is 1. The molecule has 1 aliphatic heterocycles. The summed E-state index contributed by atoms with van der Waals surface area (Å²) in [5, 5.41) is 3.10. The molecule has 0 spiro atoms. The van der Waals surface area contributed by atoms with Gasteiger partial charge >= 0.3 is 0 Å². The Balaban J connectivity index is 2.10. The van der Waals surface area contributed by atoms with Crippen molar-refractivity contribution in [2.45, 2.75) is 26.7 Å². The number of rotatable bonds is 7. The Kier molecular flexibility index (Phi) is 6.31. The molecular formula is C20H22N4O2S2. The first-order valence-corrected chi connectivity index (χ1v) is 10.3. The molecule has 1 N–H and O–H groups in total. The first kappa shape index (κ1) is 20.3. The number of thioether (sulfide) groups is 1. The molecule has 6 nitrogen and oxygen atoms in total. The second-order valence-electron chi connectivity index (χ2n) is 6.47. The van der Waals surface area contributed by atoms with Gasteiger partial charge in [-0.1, -0.05) is 49.5 Å². The number of hydrogen-bond acceptors (Lipinski definition) is 6. The molecule has 3 heterocycles. The van der Waals surface area contributed by atoms with Gasteiger partial charge in [-0.3, -0.25) is 18.9 Å². The lowest BCUT2D eigenvalue weighted by Crippen LogP contribution is -2.29. The van der Waals surface area contributed by atoms with E-state index < -0.39 is 0 Å². The third-order valence-electron chi connectivity index (χ3n) is 4.30. The van der Waals surface area contributed by atoms with E-state index in [1.165, 1.54) is 16.2 Å². The number of carbonyl (C=O) groups excluding carboxylic acids is 1. The highest BCUT2D eigenvalue weighted by Gasteiger charge is 2.32. The van der Waals surface area contributed by atoms with Crippen molar-refractivity contribution >= 4 is 51.7 Å². The van der Waals surface area contributed by atoms with Gasteiger partial charge in [-0.15, -0.1) is 6.58 Å². The molecule has 1 fully saturated rings. The van der Waals surface area contributed by atoms with Crippen molar-refractivity contribution in [2.75, 3.05) is 18.4 Å². The van der Waals surface area contributed by atoms with Crippen LogP contribution in [0.5, 0.6) is 0 Å². The largest absolute Gasteiger partial charge is 0.366 e. The first-order chi connectivity index (χ1) is 13.5. The van der Waals surface area contributed by atoms with Crippen LogP contribution in [0.15, 0.2) is 40.7 Å². The highest BCUT2D eigenvalue weighted by atomic mass is 32.2. The summed E-state index contributed by atoms with van der Waals surface area (Å²) in [5.41, 5.74) is 1.58. The lowest BCUT2D eigenvalue weighted by Gasteiger charge is -2.13. The van der Waals surface area contributed by atoms with Gasteiger partial charge in [0.05, 0.1) is 10.5 Å². The lowest BCUT2D eigenvalue weighted by molar-refractivity contribution is -0.122. The summed E-state index contributed by atoms with van der Waals surface area (Å²) in [4.78, 5) is 32.5. The number of anilines is 1. The van der Waals surface area contributed by atoms with E-state index in [-0.39, 0.29) is 11.5 Å². The molecule has 0 aromatic carbocycles. The minimum Gasteiger partial charge on any atom is -0.366 e. The molecule has 0 atom stereocenters. The van der Waals surface area contributed by atoms with Gasteiger partial charge in [-0.05, 0) is 31.1 Å². The molecule has 0 bridgehead atoms. The van der Waals surface area contributed by atoms with Gasteiger partial charge in [0.25, 0.3) is 11.5 Å². The quantitative estimate of drug-likeness (QED) is 0.424. The Morgan fingerprint density at radius 2 is 2.14 bits per heavy atom. The van der Waals surface area contributed by atoms with Crippen LogP contribution in [0.1, 0.15) is 30.9 Å². The summed E-state index contributed by atoms with van der Waals surface area (Å²) < 4.78 is 2.02. The standard InChI is InChI=1S/C20H22N4O2S2/c1-4-6-10-23-19(26)15(28-20(23)27)11-14-17(21-9-5-2)22-16-8-7-13(3)12-24(16)18(14)25/h5,7-8,11-12,21H,2,4,6,9-10H2,1,3H3. The zero-order valence-electron chi connectivity index (χ0n) is 15.9. The Morgan fingerprint density at radius 3 is 2.86 bits per heavy atom. The predicted molar refractivity (Wildman–Crippen MR) is 120 cm³/mol. The van der Waals surface area contributed by atoms with Crippen LogP contribution < -0.4 is 10.9 Å².